The van der Waals surface area contributed by atoms with Crippen LogP contribution in [-0.2, 0) is 15.6 Å². The van der Waals surface area contributed by atoms with Crippen LogP contribution in [0.3, 0.4) is 0 Å². The normalized spacial score (nSPS) is 15.1. The van der Waals surface area contributed by atoms with Gasteiger partial charge < -0.3 is 24.7 Å². The lowest BCUT2D eigenvalue weighted by molar-refractivity contribution is 0.0534. The molecule has 0 heterocycles. The zero-order valence-electron chi connectivity index (χ0n) is 12.3. The Morgan fingerprint density at radius 3 is 1.95 bits per heavy atom. The lowest BCUT2D eigenvalue weighted by Crippen LogP contribution is -2.49. The van der Waals surface area contributed by atoms with Gasteiger partial charge in [0.25, 0.3) is 5.08 Å². The van der Waals surface area contributed by atoms with Gasteiger partial charge in [0.1, 0.15) is 0 Å². The molecule has 0 amide bonds. The number of hydrogen-bond donors (Lipinski definition) is 5. The molecule has 0 spiro atoms. The van der Waals surface area contributed by atoms with E-state index in [1.54, 1.807) is 0 Å². The highest BCUT2D eigenvalue weighted by Crippen LogP contribution is 2.69. The molecule has 126 valence electrons. The van der Waals surface area contributed by atoms with E-state index < -0.39 is 26.3 Å². The quantitative estimate of drug-likeness (QED) is 0.448. The molecule has 0 fully saturated rings. The zero-order valence-corrected chi connectivity index (χ0v) is 14.1. The second-order valence-corrected chi connectivity index (χ2v) is 9.06. The first-order valence-corrected chi connectivity index (χ1v) is 9.71. The number of nitrogens with zero attached hydrogens (tertiary/aromatic N) is 1. The van der Waals surface area contributed by atoms with Crippen molar-refractivity contribution in [3.05, 3.63) is 35.9 Å². The average molecular weight is 353 g/mol. The third-order valence-corrected chi connectivity index (χ3v) is 7.70. The van der Waals surface area contributed by atoms with Gasteiger partial charge in [0.2, 0.25) is 0 Å². The van der Waals surface area contributed by atoms with E-state index in [1.807, 2.05) is 30.3 Å². The van der Waals surface area contributed by atoms with E-state index in [2.05, 4.69) is 0 Å². The van der Waals surface area contributed by atoms with Crippen LogP contribution in [0.1, 0.15) is 12.5 Å². The first-order chi connectivity index (χ1) is 9.91. The molecular weight excluding hydrogens is 332 g/mol. The second kappa shape index (κ2) is 6.91. The van der Waals surface area contributed by atoms with E-state index in [0.29, 0.717) is 6.42 Å². The molecule has 0 aliphatic heterocycles. The maximum atomic E-state index is 11.4. The van der Waals surface area contributed by atoms with Crippen LogP contribution in [0.4, 0.5) is 0 Å². The summed E-state index contributed by atoms with van der Waals surface area (Å²) in [5.41, 5.74) is 0.956. The summed E-state index contributed by atoms with van der Waals surface area (Å²) >= 11 is 0. The van der Waals surface area contributed by atoms with Crippen molar-refractivity contribution in [3.8, 4) is 0 Å². The first kappa shape index (κ1) is 19.5. The number of benzene rings is 1. The highest BCUT2D eigenvalue weighted by molar-refractivity contribution is 7.72. The van der Waals surface area contributed by atoms with Crippen LogP contribution in [0.5, 0.6) is 0 Å². The van der Waals surface area contributed by atoms with Crippen LogP contribution in [0.2, 0.25) is 0 Å². The fourth-order valence-corrected chi connectivity index (χ4v) is 4.82. The van der Waals surface area contributed by atoms with Gasteiger partial charge in [0, 0.05) is 6.54 Å². The number of hydrogen-bond acceptors (Lipinski definition) is 4. The van der Waals surface area contributed by atoms with Crippen molar-refractivity contribution in [1.82, 2.24) is 4.90 Å². The number of rotatable bonds is 7. The van der Waals surface area contributed by atoms with Crippen LogP contribution in [0, 0.1) is 0 Å². The summed E-state index contributed by atoms with van der Waals surface area (Å²) in [6.45, 7) is 1.43. The van der Waals surface area contributed by atoms with Gasteiger partial charge in [-0.3, -0.25) is 14.0 Å². The summed E-state index contributed by atoms with van der Waals surface area (Å²) in [5, 5.41) is 6.61. The minimum absolute atomic E-state index is 0.257. The Labute approximate surface area is 128 Å². The minimum Gasteiger partial charge on any atom is -0.366 e. The van der Waals surface area contributed by atoms with E-state index in [0.717, 1.165) is 5.56 Å². The summed E-state index contributed by atoms with van der Waals surface area (Å²) < 4.78 is 22.9. The Balaban J connectivity index is 2.93. The van der Waals surface area contributed by atoms with Gasteiger partial charge in [-0.1, -0.05) is 30.3 Å². The van der Waals surface area contributed by atoms with Gasteiger partial charge in [0.15, 0.2) is 0 Å². The fraction of sp³-hybridized carbons (Fsp3) is 0.500. The maximum absolute atomic E-state index is 11.4. The number of aliphatic hydroxyl groups is 1. The van der Waals surface area contributed by atoms with E-state index >= 15 is 0 Å². The summed E-state index contributed by atoms with van der Waals surface area (Å²) in [7, 11) is -9.49. The molecule has 10 heteroatoms. The summed E-state index contributed by atoms with van der Waals surface area (Å²) in [5.74, 6) is 0. The molecule has 1 aromatic rings. The van der Waals surface area contributed by atoms with E-state index in [4.69, 9.17) is 0 Å². The van der Waals surface area contributed by atoms with Crippen LogP contribution in [-0.4, -0.2) is 54.3 Å². The minimum atomic E-state index is -5.46. The molecule has 1 aromatic carbocycles. The maximum Gasteiger partial charge on any atom is 0.371 e. The molecule has 0 radical (unpaired) electrons. The van der Waals surface area contributed by atoms with Crippen molar-refractivity contribution >= 4 is 15.2 Å². The van der Waals surface area contributed by atoms with E-state index in [1.165, 1.54) is 18.9 Å². The molecular formula is C12H21NO7P2. The van der Waals surface area contributed by atoms with Crippen LogP contribution >= 0.6 is 15.2 Å². The topological polar surface area (TPSA) is 139 Å². The van der Waals surface area contributed by atoms with Crippen molar-refractivity contribution in [2.45, 2.75) is 24.5 Å². The average Bonchev–Trinajstić information content (AvgIpc) is 2.41. The third-order valence-electron chi connectivity index (χ3n) is 3.68. The van der Waals surface area contributed by atoms with Crippen LogP contribution in [0.15, 0.2) is 30.3 Å². The Morgan fingerprint density at radius 2 is 1.55 bits per heavy atom. The highest BCUT2D eigenvalue weighted by Gasteiger charge is 2.63. The zero-order chi connectivity index (χ0) is 17.2. The van der Waals surface area contributed by atoms with Gasteiger partial charge in [-0.25, -0.2) is 0 Å². The lowest BCUT2D eigenvalue weighted by Gasteiger charge is -2.39. The molecule has 0 saturated carbocycles. The summed E-state index contributed by atoms with van der Waals surface area (Å²) in [6.07, 6.45) is 0.500. The van der Waals surface area contributed by atoms with E-state index in [9.17, 15) is 33.8 Å². The Hall–Kier alpha value is -0.560. The van der Waals surface area contributed by atoms with Crippen LogP contribution in [0.25, 0.3) is 0 Å². The highest BCUT2D eigenvalue weighted by atomic mass is 31.2. The van der Waals surface area contributed by atoms with Crippen molar-refractivity contribution in [2.24, 2.45) is 0 Å². The molecule has 22 heavy (non-hydrogen) atoms. The Bertz CT molecular complexity index is 560. The van der Waals surface area contributed by atoms with Crippen LogP contribution < -0.4 is 0 Å². The summed E-state index contributed by atoms with van der Waals surface area (Å²) in [6, 6.07) is 7.78. The fourth-order valence-electron chi connectivity index (χ4n) is 2.10. The van der Waals surface area contributed by atoms with Gasteiger partial charge in [-0.2, -0.15) is 0 Å². The molecule has 1 atom stereocenters. The van der Waals surface area contributed by atoms with Gasteiger partial charge >= 0.3 is 15.2 Å². The molecule has 0 bridgehead atoms. The second-order valence-electron chi connectivity index (χ2n) is 5.17. The Kier molecular flexibility index (Phi) is 6.12. The molecule has 1 unspecified atom stereocenters. The van der Waals surface area contributed by atoms with Gasteiger partial charge in [-0.05, 0) is 26.0 Å². The molecule has 0 aromatic heterocycles. The monoisotopic (exact) mass is 353 g/mol. The SMILES string of the molecule is CC(N(C)CCc1ccccc1)C(O)(P(=O)(O)O)P(=O)(O)O. The van der Waals surface area contributed by atoms with Gasteiger partial charge in [0.05, 0.1) is 6.04 Å². The first-order valence-electron chi connectivity index (χ1n) is 6.49. The predicted molar refractivity (Wildman–Crippen MR) is 81.3 cm³/mol. The Morgan fingerprint density at radius 1 is 1.09 bits per heavy atom. The molecule has 8 nitrogen and oxygen atoms in total. The van der Waals surface area contributed by atoms with E-state index in [-0.39, 0.29) is 6.54 Å². The molecule has 0 aliphatic carbocycles. The van der Waals surface area contributed by atoms with Crippen molar-refractivity contribution in [2.75, 3.05) is 13.6 Å². The predicted octanol–water partition coefficient (Wildman–Crippen LogP) is 0.551. The molecule has 5 N–H and O–H groups in total. The lowest BCUT2D eigenvalue weighted by atomic mass is 10.1. The van der Waals surface area contributed by atoms with Gasteiger partial charge in [-0.15, -0.1) is 0 Å². The summed E-state index contributed by atoms with van der Waals surface area (Å²) in [4.78, 5) is 38.2. The molecule has 0 saturated heterocycles. The molecule has 0 aliphatic rings. The molecule has 1 rings (SSSR count). The third kappa shape index (κ3) is 4.04. The van der Waals surface area contributed by atoms with Crippen molar-refractivity contribution in [3.63, 3.8) is 0 Å². The van der Waals surface area contributed by atoms with Crippen molar-refractivity contribution in [1.29, 1.82) is 0 Å². The van der Waals surface area contributed by atoms with Crippen molar-refractivity contribution < 1.29 is 33.8 Å². The number of likely N-dealkylation sites (N-methyl/N-ethyl adjacent to an activating group) is 1. The smallest absolute Gasteiger partial charge is 0.366 e. The standard InChI is InChI=1S/C12H21NO7P2/c1-10(12(14,21(15,16)17)22(18,19)20)13(2)9-8-11-6-4-3-5-7-11/h3-7,10,14H,8-9H2,1-2H3,(H2,15,16,17)(H2,18,19,20). The largest absolute Gasteiger partial charge is 0.371 e.